The molecule has 2 N–H and O–H groups in total. The maximum Gasteiger partial charge on any atom is 0.268 e. The lowest BCUT2D eigenvalue weighted by molar-refractivity contribution is -0.118. The van der Waals surface area contributed by atoms with Crippen LogP contribution in [0.4, 0.5) is 0 Å². The highest BCUT2D eigenvalue weighted by Crippen LogP contribution is 2.19. The van der Waals surface area contributed by atoms with Crippen LogP contribution in [-0.4, -0.2) is 18.9 Å². The van der Waals surface area contributed by atoms with Crippen molar-refractivity contribution in [3.63, 3.8) is 0 Å². The van der Waals surface area contributed by atoms with E-state index in [-0.39, 0.29) is 11.7 Å². The molecule has 2 amide bonds. The number of carbonyl (C=O) groups is 2. The molecule has 2 aromatic carbocycles. The van der Waals surface area contributed by atoms with Gasteiger partial charge in [0, 0.05) is 11.6 Å². The number of methoxy groups -OCH3 is 1. The molecular weight excluding hydrogens is 392 g/mol. The highest BCUT2D eigenvalue weighted by Gasteiger charge is 2.19. The van der Waals surface area contributed by atoms with E-state index in [4.69, 9.17) is 9.15 Å². The quantitative estimate of drug-likeness (QED) is 0.552. The first-order valence-corrected chi connectivity index (χ1v) is 9.96. The molecule has 0 bridgehead atoms. The van der Waals surface area contributed by atoms with Crippen molar-refractivity contribution in [3.05, 3.63) is 94.6 Å². The van der Waals surface area contributed by atoms with Gasteiger partial charge >= 0.3 is 0 Å². The van der Waals surface area contributed by atoms with Crippen molar-refractivity contribution in [2.24, 2.45) is 0 Å². The SMILES string of the molecule is COc1ccc(C(=O)N/C(=C\c2ccco2)C(=O)NC(C)c2ccc(C)cc2C)cc1. The predicted octanol–water partition coefficient (Wildman–Crippen LogP) is 4.55. The maximum absolute atomic E-state index is 13.0. The van der Waals surface area contributed by atoms with Crippen LogP contribution in [0.5, 0.6) is 5.75 Å². The van der Waals surface area contributed by atoms with Gasteiger partial charge in [0.2, 0.25) is 0 Å². The van der Waals surface area contributed by atoms with Gasteiger partial charge in [-0.25, -0.2) is 0 Å². The van der Waals surface area contributed by atoms with E-state index in [0.717, 1.165) is 16.7 Å². The fourth-order valence-electron chi connectivity index (χ4n) is 3.27. The van der Waals surface area contributed by atoms with Crippen molar-refractivity contribution in [2.75, 3.05) is 7.11 Å². The van der Waals surface area contributed by atoms with E-state index in [2.05, 4.69) is 16.7 Å². The number of aryl methyl sites for hydroxylation is 2. The van der Waals surface area contributed by atoms with Gasteiger partial charge in [0.1, 0.15) is 17.2 Å². The van der Waals surface area contributed by atoms with Crippen LogP contribution in [0.25, 0.3) is 6.08 Å². The molecule has 0 saturated carbocycles. The number of benzene rings is 2. The van der Waals surface area contributed by atoms with Gasteiger partial charge in [-0.1, -0.05) is 23.8 Å². The van der Waals surface area contributed by atoms with Crippen molar-refractivity contribution < 1.29 is 18.7 Å². The zero-order valence-electron chi connectivity index (χ0n) is 18.1. The summed E-state index contributed by atoms with van der Waals surface area (Å²) >= 11 is 0. The van der Waals surface area contributed by atoms with Crippen molar-refractivity contribution in [1.29, 1.82) is 0 Å². The molecule has 1 heterocycles. The van der Waals surface area contributed by atoms with Gasteiger partial charge in [0.25, 0.3) is 11.8 Å². The average Bonchev–Trinajstić information content (AvgIpc) is 3.26. The predicted molar refractivity (Wildman–Crippen MR) is 120 cm³/mol. The Kier molecular flexibility index (Phi) is 6.92. The molecule has 0 spiro atoms. The Balaban J connectivity index is 1.81. The molecule has 6 nitrogen and oxygen atoms in total. The van der Waals surface area contributed by atoms with Crippen LogP contribution in [-0.2, 0) is 4.79 Å². The van der Waals surface area contributed by atoms with E-state index in [1.165, 1.54) is 12.3 Å². The lowest BCUT2D eigenvalue weighted by atomic mass is 10.00. The van der Waals surface area contributed by atoms with Crippen molar-refractivity contribution in [3.8, 4) is 5.75 Å². The number of carbonyl (C=O) groups excluding carboxylic acids is 2. The molecule has 0 aliphatic heterocycles. The minimum atomic E-state index is -0.411. The summed E-state index contributed by atoms with van der Waals surface area (Å²) in [5, 5.41) is 5.66. The molecule has 0 radical (unpaired) electrons. The lowest BCUT2D eigenvalue weighted by Gasteiger charge is -2.18. The smallest absolute Gasteiger partial charge is 0.268 e. The highest BCUT2D eigenvalue weighted by molar-refractivity contribution is 6.05. The van der Waals surface area contributed by atoms with Crippen LogP contribution in [0.1, 0.15) is 45.8 Å². The Hall–Kier alpha value is -3.80. The summed E-state index contributed by atoms with van der Waals surface area (Å²) in [4.78, 5) is 25.8. The van der Waals surface area contributed by atoms with Crippen LogP contribution in [0.2, 0.25) is 0 Å². The molecule has 3 rings (SSSR count). The molecule has 3 aromatic rings. The zero-order chi connectivity index (χ0) is 22.4. The molecule has 1 atom stereocenters. The average molecular weight is 418 g/mol. The number of amides is 2. The van der Waals surface area contributed by atoms with E-state index < -0.39 is 11.8 Å². The van der Waals surface area contributed by atoms with Gasteiger partial charge in [0.05, 0.1) is 19.4 Å². The molecule has 160 valence electrons. The Morgan fingerprint density at radius 1 is 1.06 bits per heavy atom. The molecular formula is C25H26N2O4. The van der Waals surface area contributed by atoms with E-state index in [0.29, 0.717) is 17.1 Å². The van der Waals surface area contributed by atoms with E-state index in [1.54, 1.807) is 43.5 Å². The number of hydrogen-bond donors (Lipinski definition) is 2. The van der Waals surface area contributed by atoms with Gasteiger partial charge in [0.15, 0.2) is 0 Å². The van der Waals surface area contributed by atoms with Gasteiger partial charge in [-0.05, 0) is 68.3 Å². The van der Waals surface area contributed by atoms with Crippen LogP contribution >= 0.6 is 0 Å². The van der Waals surface area contributed by atoms with Crippen LogP contribution in [0.15, 0.2) is 71.0 Å². The highest BCUT2D eigenvalue weighted by atomic mass is 16.5. The summed E-state index contributed by atoms with van der Waals surface area (Å²) in [6, 6.07) is 15.9. The Labute approximate surface area is 181 Å². The monoisotopic (exact) mass is 418 g/mol. The van der Waals surface area contributed by atoms with Gasteiger partial charge in [-0.15, -0.1) is 0 Å². The van der Waals surface area contributed by atoms with Gasteiger partial charge in [-0.2, -0.15) is 0 Å². The van der Waals surface area contributed by atoms with E-state index >= 15 is 0 Å². The summed E-state index contributed by atoms with van der Waals surface area (Å²) in [5.74, 6) is 0.280. The Bertz CT molecular complexity index is 1080. The fraction of sp³-hybridized carbons (Fsp3) is 0.200. The van der Waals surface area contributed by atoms with Gasteiger partial charge < -0.3 is 19.8 Å². The molecule has 0 fully saturated rings. The number of furan rings is 1. The maximum atomic E-state index is 13.0. The summed E-state index contributed by atoms with van der Waals surface area (Å²) < 4.78 is 10.5. The number of rotatable bonds is 7. The summed E-state index contributed by atoms with van der Waals surface area (Å²) in [6.07, 6.45) is 3.01. The van der Waals surface area contributed by atoms with Crippen LogP contribution < -0.4 is 15.4 Å². The van der Waals surface area contributed by atoms with Crippen molar-refractivity contribution in [2.45, 2.75) is 26.8 Å². The zero-order valence-corrected chi connectivity index (χ0v) is 18.1. The van der Waals surface area contributed by atoms with Crippen molar-refractivity contribution >= 4 is 17.9 Å². The summed E-state index contributed by atoms with van der Waals surface area (Å²) in [7, 11) is 1.56. The Morgan fingerprint density at radius 3 is 2.42 bits per heavy atom. The lowest BCUT2D eigenvalue weighted by Crippen LogP contribution is -2.36. The van der Waals surface area contributed by atoms with Crippen LogP contribution in [0.3, 0.4) is 0 Å². The first kappa shape index (κ1) is 21.9. The third-order valence-electron chi connectivity index (χ3n) is 4.91. The summed E-state index contributed by atoms with van der Waals surface area (Å²) in [6.45, 7) is 5.94. The standard InChI is InChI=1S/C25H26N2O4/c1-16-7-12-22(17(2)14-16)18(3)26-25(29)23(15-21-6-5-13-31-21)27-24(28)19-8-10-20(30-4)11-9-19/h5-15,18H,1-4H3,(H,26,29)(H,27,28)/b23-15-. The molecule has 6 heteroatoms. The molecule has 0 aliphatic rings. The number of hydrogen-bond acceptors (Lipinski definition) is 4. The molecule has 1 aromatic heterocycles. The third-order valence-corrected chi connectivity index (χ3v) is 4.91. The van der Waals surface area contributed by atoms with Crippen LogP contribution in [0, 0.1) is 13.8 Å². The third kappa shape index (κ3) is 5.63. The first-order chi connectivity index (χ1) is 14.9. The normalized spacial score (nSPS) is 12.2. The number of ether oxygens (including phenoxy) is 1. The molecule has 0 aliphatic carbocycles. The Morgan fingerprint density at radius 2 is 1.81 bits per heavy atom. The number of nitrogens with one attached hydrogen (secondary N) is 2. The largest absolute Gasteiger partial charge is 0.497 e. The topological polar surface area (TPSA) is 80.6 Å². The minimum absolute atomic E-state index is 0.0902. The minimum Gasteiger partial charge on any atom is -0.497 e. The first-order valence-electron chi connectivity index (χ1n) is 9.96. The van der Waals surface area contributed by atoms with E-state index in [9.17, 15) is 9.59 Å². The molecule has 0 saturated heterocycles. The molecule has 31 heavy (non-hydrogen) atoms. The van der Waals surface area contributed by atoms with Crippen molar-refractivity contribution in [1.82, 2.24) is 10.6 Å². The fourth-order valence-corrected chi connectivity index (χ4v) is 3.27. The van der Waals surface area contributed by atoms with Gasteiger partial charge in [-0.3, -0.25) is 9.59 Å². The van der Waals surface area contributed by atoms with E-state index in [1.807, 2.05) is 32.9 Å². The second-order valence-corrected chi connectivity index (χ2v) is 7.31. The second-order valence-electron chi connectivity index (χ2n) is 7.31. The summed E-state index contributed by atoms with van der Waals surface area (Å²) in [5.41, 5.74) is 3.75. The molecule has 1 unspecified atom stereocenters. The second kappa shape index (κ2) is 9.80.